The minimum absolute atomic E-state index is 0.0926. The summed E-state index contributed by atoms with van der Waals surface area (Å²) in [7, 11) is 0. The Morgan fingerprint density at radius 3 is 2.43 bits per heavy atom. The van der Waals surface area contributed by atoms with Crippen molar-refractivity contribution >= 4 is 17.5 Å². The number of carbonyl (C=O) groups excluding carboxylic acids is 1. The molecule has 1 amide bonds. The van der Waals surface area contributed by atoms with Crippen LogP contribution >= 0.6 is 11.6 Å². The highest BCUT2D eigenvalue weighted by Gasteiger charge is 2.41. The van der Waals surface area contributed by atoms with E-state index in [0.29, 0.717) is 5.02 Å². The lowest BCUT2D eigenvalue weighted by Gasteiger charge is -2.36. The number of rotatable bonds is 2. The van der Waals surface area contributed by atoms with Gasteiger partial charge in [0.15, 0.2) is 0 Å². The first-order valence-corrected chi connectivity index (χ1v) is 7.96. The fourth-order valence-corrected chi connectivity index (χ4v) is 3.49. The summed E-state index contributed by atoms with van der Waals surface area (Å²) in [6.45, 7) is 1.91. The molecule has 4 nitrogen and oxygen atoms in total. The number of halogens is 1. The van der Waals surface area contributed by atoms with Crippen molar-refractivity contribution in [2.75, 3.05) is 0 Å². The molecule has 1 heterocycles. The maximum Gasteiger partial charge on any atom is 0.241 e. The largest absolute Gasteiger partial charge is 0.393 e. The smallest absolute Gasteiger partial charge is 0.241 e. The molecule has 0 spiro atoms. The number of hydrogen-bond donors (Lipinski definition) is 2. The van der Waals surface area contributed by atoms with Crippen molar-refractivity contribution < 1.29 is 9.90 Å². The molecule has 0 radical (unpaired) electrons. The van der Waals surface area contributed by atoms with Crippen LogP contribution in [0.4, 0.5) is 0 Å². The summed E-state index contributed by atoms with van der Waals surface area (Å²) in [4.78, 5) is 14.5. The van der Waals surface area contributed by atoms with Crippen LogP contribution in [0.5, 0.6) is 0 Å². The van der Waals surface area contributed by atoms with E-state index in [1.165, 1.54) is 0 Å². The van der Waals surface area contributed by atoms with Crippen LogP contribution in [0.1, 0.15) is 44.3 Å². The lowest BCUT2D eigenvalue weighted by molar-refractivity contribution is -0.133. The third-order valence-electron chi connectivity index (χ3n) is 4.56. The number of nitrogens with one attached hydrogen (secondary N) is 1. The second kappa shape index (κ2) is 5.95. The Morgan fingerprint density at radius 1 is 1.19 bits per heavy atom. The number of hydrogen-bond acceptors (Lipinski definition) is 3. The number of nitrogens with zero attached hydrogens (tertiary/aromatic N) is 1. The lowest BCUT2D eigenvalue weighted by Crippen LogP contribution is -2.42. The van der Waals surface area contributed by atoms with Gasteiger partial charge in [0.05, 0.1) is 12.1 Å². The highest BCUT2D eigenvalue weighted by atomic mass is 35.5. The van der Waals surface area contributed by atoms with Gasteiger partial charge in [-0.1, -0.05) is 23.7 Å². The zero-order chi connectivity index (χ0) is 15.0. The van der Waals surface area contributed by atoms with E-state index < -0.39 is 0 Å². The van der Waals surface area contributed by atoms with E-state index in [2.05, 4.69) is 5.32 Å². The van der Waals surface area contributed by atoms with Crippen molar-refractivity contribution in [2.24, 2.45) is 0 Å². The van der Waals surface area contributed by atoms with Gasteiger partial charge in [0.25, 0.3) is 0 Å². The molecule has 2 unspecified atom stereocenters. The number of aliphatic hydroxyl groups is 1. The average Bonchev–Trinajstić information content (AvgIpc) is 2.77. The van der Waals surface area contributed by atoms with Crippen LogP contribution in [0.2, 0.25) is 5.02 Å². The average molecular weight is 309 g/mol. The standard InChI is InChI=1S/C16H21ClN2O2/c1-10-16(21)19(13-6-8-14(20)9-7-13)15(18-10)11-2-4-12(17)5-3-11/h2-5,10,13-15,18,20H,6-9H2,1H3. The summed E-state index contributed by atoms with van der Waals surface area (Å²) in [5.74, 6) is 0.149. The van der Waals surface area contributed by atoms with Crippen LogP contribution in [0, 0.1) is 0 Å². The fraction of sp³-hybridized carbons (Fsp3) is 0.562. The molecule has 1 saturated carbocycles. The first-order valence-electron chi connectivity index (χ1n) is 7.58. The molecule has 3 rings (SSSR count). The summed E-state index contributed by atoms with van der Waals surface area (Å²) in [6, 6.07) is 7.69. The predicted molar refractivity (Wildman–Crippen MR) is 81.9 cm³/mol. The second-order valence-corrected chi connectivity index (χ2v) is 6.49. The molecule has 2 atom stereocenters. The van der Waals surface area contributed by atoms with Crippen molar-refractivity contribution in [1.82, 2.24) is 10.2 Å². The summed E-state index contributed by atoms with van der Waals surface area (Å²) < 4.78 is 0. The van der Waals surface area contributed by atoms with Gasteiger partial charge in [0, 0.05) is 11.1 Å². The number of carbonyl (C=O) groups is 1. The first kappa shape index (κ1) is 14.8. The Kier molecular flexibility index (Phi) is 4.20. The Morgan fingerprint density at radius 2 is 1.81 bits per heavy atom. The van der Waals surface area contributed by atoms with E-state index in [9.17, 15) is 9.90 Å². The molecule has 2 N–H and O–H groups in total. The molecule has 114 valence electrons. The molecule has 2 aliphatic rings. The minimum Gasteiger partial charge on any atom is -0.393 e. The molecule has 0 aromatic heterocycles. The van der Waals surface area contributed by atoms with E-state index >= 15 is 0 Å². The van der Waals surface area contributed by atoms with Gasteiger partial charge in [0.2, 0.25) is 5.91 Å². The van der Waals surface area contributed by atoms with Crippen LogP contribution in [0.15, 0.2) is 24.3 Å². The number of benzene rings is 1. The first-order chi connectivity index (χ1) is 10.1. The third kappa shape index (κ3) is 2.93. The minimum atomic E-state index is -0.210. The van der Waals surface area contributed by atoms with Crippen molar-refractivity contribution in [1.29, 1.82) is 0 Å². The number of aliphatic hydroxyl groups excluding tert-OH is 1. The van der Waals surface area contributed by atoms with Crippen LogP contribution in [-0.4, -0.2) is 34.1 Å². The van der Waals surface area contributed by atoms with E-state index in [4.69, 9.17) is 11.6 Å². The van der Waals surface area contributed by atoms with Crippen molar-refractivity contribution in [3.05, 3.63) is 34.9 Å². The van der Waals surface area contributed by atoms with Crippen LogP contribution in [0.25, 0.3) is 0 Å². The molecule has 2 fully saturated rings. The van der Waals surface area contributed by atoms with Crippen molar-refractivity contribution in [3.63, 3.8) is 0 Å². The Hall–Kier alpha value is -1.10. The molecule has 21 heavy (non-hydrogen) atoms. The third-order valence-corrected chi connectivity index (χ3v) is 4.81. The molecule has 1 aliphatic carbocycles. The Balaban J connectivity index is 1.84. The van der Waals surface area contributed by atoms with Crippen molar-refractivity contribution in [2.45, 2.75) is 57.0 Å². The Bertz CT molecular complexity index is 512. The van der Waals surface area contributed by atoms with Gasteiger partial charge in [-0.3, -0.25) is 10.1 Å². The molecular formula is C16H21ClN2O2. The summed E-state index contributed by atoms with van der Waals surface area (Å²) >= 11 is 5.95. The quantitative estimate of drug-likeness (QED) is 0.882. The fourth-order valence-electron chi connectivity index (χ4n) is 3.37. The zero-order valence-corrected chi connectivity index (χ0v) is 12.9. The van der Waals surface area contributed by atoms with Gasteiger partial charge in [0.1, 0.15) is 6.17 Å². The van der Waals surface area contributed by atoms with E-state index in [1.807, 2.05) is 36.1 Å². The summed E-state index contributed by atoms with van der Waals surface area (Å²) in [5.41, 5.74) is 1.06. The number of amides is 1. The summed E-state index contributed by atoms with van der Waals surface area (Å²) in [5, 5.41) is 13.7. The van der Waals surface area contributed by atoms with Crippen LogP contribution in [0.3, 0.4) is 0 Å². The predicted octanol–water partition coefficient (Wildman–Crippen LogP) is 2.46. The van der Waals surface area contributed by atoms with Crippen LogP contribution in [-0.2, 0) is 4.79 Å². The van der Waals surface area contributed by atoms with Crippen LogP contribution < -0.4 is 5.32 Å². The SMILES string of the molecule is CC1NC(c2ccc(Cl)cc2)N(C2CCC(O)CC2)C1=O. The van der Waals surface area contributed by atoms with Gasteiger partial charge in [-0.05, 0) is 50.3 Å². The molecule has 1 aliphatic heterocycles. The molecule has 5 heteroatoms. The van der Waals surface area contributed by atoms with E-state index in [-0.39, 0.29) is 30.3 Å². The molecule has 0 bridgehead atoms. The molecule has 1 aromatic carbocycles. The maximum absolute atomic E-state index is 12.5. The maximum atomic E-state index is 12.5. The Labute approximate surface area is 130 Å². The van der Waals surface area contributed by atoms with Gasteiger partial charge < -0.3 is 10.0 Å². The molecule has 1 aromatic rings. The second-order valence-electron chi connectivity index (χ2n) is 6.05. The molecular weight excluding hydrogens is 288 g/mol. The normalized spacial score (nSPS) is 33.5. The summed E-state index contributed by atoms with van der Waals surface area (Å²) in [6.07, 6.45) is 2.98. The van der Waals surface area contributed by atoms with Crippen molar-refractivity contribution in [3.8, 4) is 0 Å². The highest BCUT2D eigenvalue weighted by molar-refractivity contribution is 6.30. The van der Waals surface area contributed by atoms with Gasteiger partial charge in [-0.25, -0.2) is 0 Å². The molecule has 1 saturated heterocycles. The van der Waals surface area contributed by atoms with E-state index in [0.717, 1.165) is 31.2 Å². The van der Waals surface area contributed by atoms with Gasteiger partial charge >= 0.3 is 0 Å². The monoisotopic (exact) mass is 308 g/mol. The zero-order valence-electron chi connectivity index (χ0n) is 12.1. The lowest BCUT2D eigenvalue weighted by atomic mass is 9.91. The highest BCUT2D eigenvalue weighted by Crippen LogP contribution is 2.33. The van der Waals surface area contributed by atoms with Gasteiger partial charge in [-0.15, -0.1) is 0 Å². The van der Waals surface area contributed by atoms with E-state index in [1.54, 1.807) is 0 Å². The van der Waals surface area contributed by atoms with Gasteiger partial charge in [-0.2, -0.15) is 0 Å². The topological polar surface area (TPSA) is 52.6 Å².